The van der Waals surface area contributed by atoms with Gasteiger partial charge in [-0.2, -0.15) is 0 Å². The summed E-state index contributed by atoms with van der Waals surface area (Å²) >= 11 is 0. The monoisotopic (exact) mass is 450 g/mol. The summed E-state index contributed by atoms with van der Waals surface area (Å²) in [7, 11) is 0. The summed E-state index contributed by atoms with van der Waals surface area (Å²) in [6.07, 6.45) is 3.90. The number of hydrogen-bond donors (Lipinski definition) is 1. The van der Waals surface area contributed by atoms with Crippen molar-refractivity contribution < 1.29 is 9.21 Å². The van der Waals surface area contributed by atoms with Crippen LogP contribution in [0.3, 0.4) is 0 Å². The lowest BCUT2D eigenvalue weighted by Gasteiger charge is -2.11. The topological polar surface area (TPSA) is 90.0 Å². The first kappa shape index (κ1) is 20.4. The minimum Gasteiger partial charge on any atom is -0.436 e. The minimum absolute atomic E-state index is 0.0244. The molecule has 0 aliphatic carbocycles. The van der Waals surface area contributed by atoms with Gasteiger partial charge in [-0.1, -0.05) is 18.6 Å². The standard InChI is InChI=1S/C27H22N4O3/c32-25(18-11-14-20-22(16-18)29-24-8-2-1-5-15-31(24)27(20)33)28-19-12-9-17(10-13-19)26-30-21-6-3-4-7-23(21)34-26/h3-4,6-7,9-14,16H,1-2,5,8,15H2,(H,28,32). The van der Waals surface area contributed by atoms with Crippen molar-refractivity contribution >= 4 is 33.6 Å². The van der Waals surface area contributed by atoms with Crippen molar-refractivity contribution in [2.45, 2.75) is 32.2 Å². The highest BCUT2D eigenvalue weighted by molar-refractivity contribution is 6.06. The highest BCUT2D eigenvalue weighted by atomic mass is 16.3. The van der Waals surface area contributed by atoms with Gasteiger partial charge in [0, 0.05) is 29.8 Å². The zero-order chi connectivity index (χ0) is 23.1. The molecular formula is C27H22N4O3. The van der Waals surface area contributed by atoms with Gasteiger partial charge in [0.05, 0.1) is 10.9 Å². The summed E-state index contributed by atoms with van der Waals surface area (Å²) < 4.78 is 7.59. The van der Waals surface area contributed by atoms with Gasteiger partial charge in [0.2, 0.25) is 5.89 Å². The fourth-order valence-corrected chi connectivity index (χ4v) is 4.45. The average Bonchev–Trinajstić information content (AvgIpc) is 3.15. The maximum absolute atomic E-state index is 12.9. The third-order valence-electron chi connectivity index (χ3n) is 6.26. The van der Waals surface area contributed by atoms with Crippen LogP contribution in [-0.4, -0.2) is 20.4 Å². The third-order valence-corrected chi connectivity index (χ3v) is 6.26. The zero-order valence-electron chi connectivity index (χ0n) is 18.5. The van der Waals surface area contributed by atoms with Gasteiger partial charge in [-0.25, -0.2) is 9.97 Å². The van der Waals surface area contributed by atoms with Crippen LogP contribution in [0, 0.1) is 0 Å². The molecule has 168 valence electrons. The fraction of sp³-hybridized carbons (Fsp3) is 0.185. The number of carbonyl (C=O) groups is 1. The molecule has 0 fully saturated rings. The van der Waals surface area contributed by atoms with Crippen molar-refractivity contribution in [1.29, 1.82) is 0 Å². The van der Waals surface area contributed by atoms with Crippen molar-refractivity contribution in [2.24, 2.45) is 0 Å². The molecule has 0 radical (unpaired) electrons. The Morgan fingerprint density at radius 2 is 1.76 bits per heavy atom. The molecule has 5 aromatic rings. The van der Waals surface area contributed by atoms with E-state index in [4.69, 9.17) is 9.40 Å². The molecule has 2 aromatic heterocycles. The van der Waals surface area contributed by atoms with E-state index in [9.17, 15) is 9.59 Å². The summed E-state index contributed by atoms with van der Waals surface area (Å²) in [5.41, 5.74) is 4.01. The number of oxazole rings is 1. The van der Waals surface area contributed by atoms with E-state index >= 15 is 0 Å². The molecule has 0 bridgehead atoms. The molecular weight excluding hydrogens is 428 g/mol. The Morgan fingerprint density at radius 3 is 2.62 bits per heavy atom. The van der Waals surface area contributed by atoms with Crippen molar-refractivity contribution in [2.75, 3.05) is 5.32 Å². The number of nitrogens with zero attached hydrogens (tertiary/aromatic N) is 3. The first-order chi connectivity index (χ1) is 16.7. The van der Waals surface area contributed by atoms with E-state index in [1.165, 1.54) is 0 Å². The van der Waals surface area contributed by atoms with Gasteiger partial charge in [0.1, 0.15) is 11.3 Å². The first-order valence-electron chi connectivity index (χ1n) is 11.5. The molecule has 3 heterocycles. The number of anilines is 1. The zero-order valence-corrected chi connectivity index (χ0v) is 18.5. The number of fused-ring (bicyclic) bond motifs is 3. The predicted octanol–water partition coefficient (Wildman–Crippen LogP) is 5.18. The molecule has 1 amide bonds. The molecule has 0 saturated heterocycles. The van der Waals surface area contributed by atoms with Crippen LogP contribution < -0.4 is 10.9 Å². The molecule has 34 heavy (non-hydrogen) atoms. The van der Waals surface area contributed by atoms with E-state index in [2.05, 4.69) is 10.3 Å². The second-order valence-electron chi connectivity index (χ2n) is 8.55. The Morgan fingerprint density at radius 1 is 0.912 bits per heavy atom. The van der Waals surface area contributed by atoms with Crippen LogP contribution in [0.15, 0.2) is 75.9 Å². The van der Waals surface area contributed by atoms with E-state index in [1.807, 2.05) is 48.5 Å². The number of carbonyl (C=O) groups excluding carboxylic acids is 1. The summed E-state index contributed by atoms with van der Waals surface area (Å²) in [4.78, 5) is 35.0. The van der Waals surface area contributed by atoms with Crippen LogP contribution in [0.4, 0.5) is 5.69 Å². The van der Waals surface area contributed by atoms with E-state index in [0.29, 0.717) is 34.6 Å². The highest BCUT2D eigenvalue weighted by Crippen LogP contribution is 2.25. The van der Waals surface area contributed by atoms with Crippen LogP contribution in [0.1, 0.15) is 35.4 Å². The molecule has 1 aliphatic heterocycles. The quantitative estimate of drug-likeness (QED) is 0.409. The van der Waals surface area contributed by atoms with Gasteiger partial charge in [0.25, 0.3) is 11.5 Å². The maximum atomic E-state index is 12.9. The van der Waals surface area contributed by atoms with Gasteiger partial charge >= 0.3 is 0 Å². The molecule has 6 rings (SSSR count). The van der Waals surface area contributed by atoms with Crippen LogP contribution in [0.2, 0.25) is 0 Å². The van der Waals surface area contributed by atoms with Crippen molar-refractivity contribution in [3.63, 3.8) is 0 Å². The molecule has 7 nitrogen and oxygen atoms in total. The number of para-hydroxylation sites is 2. The number of hydrogen-bond acceptors (Lipinski definition) is 5. The summed E-state index contributed by atoms with van der Waals surface area (Å²) in [6.45, 7) is 0.707. The smallest absolute Gasteiger partial charge is 0.261 e. The second-order valence-corrected chi connectivity index (χ2v) is 8.55. The molecule has 7 heteroatoms. The molecule has 3 aromatic carbocycles. The Kier molecular flexibility index (Phi) is 4.95. The molecule has 1 N–H and O–H groups in total. The number of rotatable bonds is 3. The SMILES string of the molecule is O=C(Nc1ccc(-c2nc3ccccc3o2)cc1)c1ccc2c(=O)n3c(nc2c1)CCCCC3. The normalized spacial score (nSPS) is 13.5. The van der Waals surface area contributed by atoms with Crippen LogP contribution in [0.25, 0.3) is 33.5 Å². The lowest BCUT2D eigenvalue weighted by Crippen LogP contribution is -2.24. The Hall–Kier alpha value is -4.26. The summed E-state index contributed by atoms with van der Waals surface area (Å²) in [5, 5.41) is 3.46. The van der Waals surface area contributed by atoms with Gasteiger partial charge in [-0.3, -0.25) is 14.2 Å². The van der Waals surface area contributed by atoms with Crippen LogP contribution in [-0.2, 0) is 13.0 Å². The number of aryl methyl sites for hydroxylation is 1. The van der Waals surface area contributed by atoms with E-state index in [-0.39, 0.29) is 11.5 Å². The number of amides is 1. The molecule has 0 spiro atoms. The Bertz CT molecular complexity index is 1570. The third kappa shape index (κ3) is 3.65. The van der Waals surface area contributed by atoms with Crippen molar-refractivity contribution in [3.8, 4) is 11.5 Å². The number of aromatic nitrogens is 3. The van der Waals surface area contributed by atoms with Crippen molar-refractivity contribution in [3.05, 3.63) is 88.5 Å². The van der Waals surface area contributed by atoms with Crippen molar-refractivity contribution in [1.82, 2.24) is 14.5 Å². The van der Waals surface area contributed by atoms with Crippen LogP contribution in [0.5, 0.6) is 0 Å². The predicted molar refractivity (Wildman–Crippen MR) is 131 cm³/mol. The number of nitrogens with one attached hydrogen (secondary N) is 1. The summed E-state index contributed by atoms with van der Waals surface area (Å²) in [5.74, 6) is 1.08. The summed E-state index contributed by atoms with van der Waals surface area (Å²) in [6, 6.07) is 20.0. The lowest BCUT2D eigenvalue weighted by atomic mass is 10.1. The van der Waals surface area contributed by atoms with E-state index < -0.39 is 0 Å². The van der Waals surface area contributed by atoms with Gasteiger partial charge in [-0.15, -0.1) is 0 Å². The van der Waals surface area contributed by atoms with E-state index in [0.717, 1.165) is 48.2 Å². The highest BCUT2D eigenvalue weighted by Gasteiger charge is 2.16. The average molecular weight is 450 g/mol. The largest absolute Gasteiger partial charge is 0.436 e. The number of benzene rings is 3. The molecule has 0 atom stereocenters. The van der Waals surface area contributed by atoms with Gasteiger partial charge in [0.15, 0.2) is 5.58 Å². The Balaban J connectivity index is 1.25. The van der Waals surface area contributed by atoms with Crippen LogP contribution >= 0.6 is 0 Å². The van der Waals surface area contributed by atoms with Gasteiger partial charge < -0.3 is 9.73 Å². The lowest BCUT2D eigenvalue weighted by molar-refractivity contribution is 0.102. The second kappa shape index (κ2) is 8.26. The fourth-order valence-electron chi connectivity index (χ4n) is 4.45. The first-order valence-corrected chi connectivity index (χ1v) is 11.5. The molecule has 1 aliphatic rings. The molecule has 0 saturated carbocycles. The maximum Gasteiger partial charge on any atom is 0.261 e. The minimum atomic E-state index is -0.256. The Labute approximate surface area is 195 Å². The van der Waals surface area contributed by atoms with E-state index in [1.54, 1.807) is 22.8 Å². The molecule has 0 unspecified atom stereocenters. The van der Waals surface area contributed by atoms with Gasteiger partial charge in [-0.05, 0) is 67.4 Å².